The summed E-state index contributed by atoms with van der Waals surface area (Å²) in [4.78, 5) is 44.4. The minimum atomic E-state index is -1.04. The average Bonchev–Trinajstić information content (AvgIpc) is 2.70. The molecule has 200 valence electrons. The lowest BCUT2D eigenvalue weighted by atomic mass is 10.1. The second-order valence-electron chi connectivity index (χ2n) is 7.91. The highest BCUT2D eigenvalue weighted by atomic mass is 16.4. The van der Waals surface area contributed by atoms with Gasteiger partial charge in [-0.3, -0.25) is 24.2 Å². The number of hydrogen-bond donors (Lipinski definition) is 9. The molecule has 14 nitrogen and oxygen atoms in total. The standard InChI is InChI=1S/C7H16N4O2.C7H13NO4.C6H13NO2/c8-5(6(12)13)3-1-2-4-11-7(9)10;8-5(7(11)12)3-1-2-4-6(9)10;1-4(2)3-5(7)6(8)9/h5H,1-4,8H2,(H,12,13)(H4,9,10,11);5H,1-4,8H2,(H,9,10)(H,11,12);4-5H,3,7H2,1-2H3,(H,8,9)/t5-;;5-/m1.1/s1. The molecule has 0 rings (SSSR count). The lowest BCUT2D eigenvalue weighted by molar-refractivity contribution is -0.139. The number of carboxylic acids is 4. The van der Waals surface area contributed by atoms with Crippen molar-refractivity contribution >= 4 is 29.8 Å². The first kappa shape index (κ1) is 35.6. The van der Waals surface area contributed by atoms with Gasteiger partial charge in [-0.05, 0) is 44.4 Å². The number of aliphatic carboxylic acids is 4. The molecule has 3 atom stereocenters. The third-order valence-electron chi connectivity index (χ3n) is 4.05. The SMILES string of the molecule is CC(C)C[C@@H](N)C(=O)O.NC(CCCCC(=O)O)C(=O)O.NC(N)=NCCCC[C@@H](N)C(=O)O. The van der Waals surface area contributed by atoms with Gasteiger partial charge >= 0.3 is 23.9 Å². The third kappa shape index (κ3) is 29.0. The lowest BCUT2D eigenvalue weighted by Gasteiger charge is -2.07. The van der Waals surface area contributed by atoms with Crippen LogP contribution >= 0.6 is 0 Å². The summed E-state index contributed by atoms with van der Waals surface area (Å²) in [7, 11) is 0. The molecule has 0 aromatic rings. The quantitative estimate of drug-likeness (QED) is 0.0775. The highest BCUT2D eigenvalue weighted by Gasteiger charge is 2.12. The van der Waals surface area contributed by atoms with Crippen molar-refractivity contribution in [2.75, 3.05) is 6.54 Å². The Morgan fingerprint density at radius 3 is 1.41 bits per heavy atom. The highest BCUT2D eigenvalue weighted by Crippen LogP contribution is 2.03. The number of hydrogen-bond acceptors (Lipinski definition) is 8. The highest BCUT2D eigenvalue weighted by molar-refractivity contribution is 5.75. The minimum Gasteiger partial charge on any atom is -0.481 e. The van der Waals surface area contributed by atoms with Crippen molar-refractivity contribution in [2.24, 2.45) is 39.6 Å². The second kappa shape index (κ2) is 21.9. The predicted molar refractivity (Wildman–Crippen MR) is 127 cm³/mol. The Bertz CT molecular complexity index is 626. The van der Waals surface area contributed by atoms with Gasteiger partial charge in [0.15, 0.2) is 5.96 Å². The molecule has 0 bridgehead atoms. The first-order valence-electron chi connectivity index (χ1n) is 10.8. The van der Waals surface area contributed by atoms with E-state index in [9.17, 15) is 19.2 Å². The smallest absolute Gasteiger partial charge is 0.320 e. The number of carbonyl (C=O) groups is 4. The van der Waals surface area contributed by atoms with Crippen LogP contribution in [-0.4, -0.2) is 74.9 Å². The molecule has 0 aliphatic rings. The lowest BCUT2D eigenvalue weighted by Crippen LogP contribution is -2.31. The van der Waals surface area contributed by atoms with Gasteiger partial charge in [0.25, 0.3) is 0 Å². The molecule has 0 fully saturated rings. The fraction of sp³-hybridized carbons (Fsp3) is 0.750. The largest absolute Gasteiger partial charge is 0.481 e. The third-order valence-corrected chi connectivity index (χ3v) is 4.05. The topological polar surface area (TPSA) is 292 Å². The van der Waals surface area contributed by atoms with E-state index in [4.69, 9.17) is 49.1 Å². The Labute approximate surface area is 199 Å². The molecule has 0 spiro atoms. The van der Waals surface area contributed by atoms with Crippen molar-refractivity contribution < 1.29 is 39.6 Å². The number of nitrogens with zero attached hydrogens (tertiary/aromatic N) is 1. The molecule has 34 heavy (non-hydrogen) atoms. The maximum absolute atomic E-state index is 10.3. The van der Waals surface area contributed by atoms with Crippen LogP contribution in [0.1, 0.15) is 65.2 Å². The van der Waals surface area contributed by atoms with Crippen LogP contribution in [0.4, 0.5) is 0 Å². The molecule has 0 aromatic carbocycles. The average molecular weight is 495 g/mol. The van der Waals surface area contributed by atoms with Crippen LogP contribution in [0.3, 0.4) is 0 Å². The molecular formula is C20H42N6O8. The van der Waals surface area contributed by atoms with E-state index >= 15 is 0 Å². The zero-order chi connectivity index (χ0) is 27.3. The molecule has 1 unspecified atom stereocenters. The summed E-state index contributed by atoms with van der Waals surface area (Å²) in [6.45, 7) is 4.42. The predicted octanol–water partition coefficient (Wildman–Crippen LogP) is -0.670. The fourth-order valence-electron chi connectivity index (χ4n) is 2.18. The van der Waals surface area contributed by atoms with Gasteiger partial charge in [-0.25, -0.2) is 0 Å². The maximum atomic E-state index is 10.3. The van der Waals surface area contributed by atoms with Crippen molar-refractivity contribution in [3.8, 4) is 0 Å². The summed E-state index contributed by atoms with van der Waals surface area (Å²) in [5, 5.41) is 33.3. The normalized spacial score (nSPS) is 12.6. The number of aliphatic imine (C=N–C) groups is 1. The maximum Gasteiger partial charge on any atom is 0.320 e. The fourth-order valence-corrected chi connectivity index (χ4v) is 2.18. The van der Waals surface area contributed by atoms with Gasteiger partial charge in [-0.1, -0.05) is 20.3 Å². The van der Waals surface area contributed by atoms with Crippen LogP contribution < -0.4 is 28.7 Å². The van der Waals surface area contributed by atoms with Gasteiger partial charge < -0.3 is 49.1 Å². The zero-order valence-corrected chi connectivity index (χ0v) is 19.9. The van der Waals surface area contributed by atoms with E-state index in [1.165, 1.54) is 0 Å². The molecule has 0 heterocycles. The van der Waals surface area contributed by atoms with E-state index < -0.39 is 42.0 Å². The van der Waals surface area contributed by atoms with Crippen molar-refractivity contribution in [1.82, 2.24) is 0 Å². The van der Waals surface area contributed by atoms with Crippen LogP contribution in [0.5, 0.6) is 0 Å². The molecule has 0 aromatic heterocycles. The molecule has 14 heteroatoms. The zero-order valence-electron chi connectivity index (χ0n) is 19.9. The minimum absolute atomic E-state index is 0.0579. The molecule has 0 radical (unpaired) electrons. The summed E-state index contributed by atoms with van der Waals surface area (Å²) >= 11 is 0. The van der Waals surface area contributed by atoms with E-state index in [0.29, 0.717) is 51.0 Å². The summed E-state index contributed by atoms with van der Waals surface area (Å²) in [5.41, 5.74) is 25.9. The van der Waals surface area contributed by atoms with Crippen molar-refractivity contribution in [3.05, 3.63) is 0 Å². The number of carboxylic acid groups (broad SMARTS) is 4. The first-order chi connectivity index (χ1) is 15.6. The van der Waals surface area contributed by atoms with E-state index in [-0.39, 0.29) is 12.4 Å². The van der Waals surface area contributed by atoms with Crippen molar-refractivity contribution in [3.63, 3.8) is 0 Å². The summed E-state index contributed by atoms with van der Waals surface area (Å²) in [6.07, 6.45) is 3.90. The van der Waals surface area contributed by atoms with Crippen LogP contribution in [-0.2, 0) is 19.2 Å². The Hall–Kier alpha value is -2.97. The van der Waals surface area contributed by atoms with E-state index in [1.807, 2.05) is 13.8 Å². The second-order valence-corrected chi connectivity index (χ2v) is 7.91. The van der Waals surface area contributed by atoms with Gasteiger partial charge in [0, 0.05) is 13.0 Å². The summed E-state index contributed by atoms with van der Waals surface area (Å²) < 4.78 is 0. The van der Waals surface area contributed by atoms with E-state index in [0.717, 1.165) is 6.42 Å². The van der Waals surface area contributed by atoms with Crippen molar-refractivity contribution in [1.29, 1.82) is 0 Å². The number of guanidine groups is 1. The Kier molecular flexibility index (Phi) is 22.9. The number of rotatable bonds is 15. The van der Waals surface area contributed by atoms with Gasteiger partial charge in [-0.2, -0.15) is 0 Å². The van der Waals surface area contributed by atoms with Crippen LogP contribution in [0.15, 0.2) is 4.99 Å². The van der Waals surface area contributed by atoms with E-state index in [1.54, 1.807) is 0 Å². The molecule has 0 saturated carbocycles. The molecule has 0 aliphatic heterocycles. The van der Waals surface area contributed by atoms with Gasteiger partial charge in [0.05, 0.1) is 0 Å². The molecular weight excluding hydrogens is 452 g/mol. The van der Waals surface area contributed by atoms with Crippen LogP contribution in [0.25, 0.3) is 0 Å². The van der Waals surface area contributed by atoms with Crippen molar-refractivity contribution in [2.45, 2.75) is 83.3 Å². The van der Waals surface area contributed by atoms with E-state index in [2.05, 4.69) is 4.99 Å². The first-order valence-corrected chi connectivity index (χ1v) is 10.8. The van der Waals surface area contributed by atoms with Gasteiger partial charge in [0.1, 0.15) is 18.1 Å². The Balaban J connectivity index is -0.000000431. The number of unbranched alkanes of at least 4 members (excludes halogenated alkanes) is 2. The monoisotopic (exact) mass is 494 g/mol. The van der Waals surface area contributed by atoms with Crippen LogP contribution in [0.2, 0.25) is 0 Å². The molecule has 14 N–H and O–H groups in total. The number of nitrogens with two attached hydrogens (primary N) is 5. The van der Waals surface area contributed by atoms with Gasteiger partial charge in [0.2, 0.25) is 0 Å². The molecule has 0 aliphatic carbocycles. The summed E-state index contributed by atoms with van der Waals surface area (Å²) in [5.74, 6) is -3.37. The molecule has 0 saturated heterocycles. The van der Waals surface area contributed by atoms with Gasteiger partial charge in [-0.15, -0.1) is 0 Å². The Morgan fingerprint density at radius 2 is 1.12 bits per heavy atom. The summed E-state index contributed by atoms with van der Waals surface area (Å²) in [6, 6.07) is -2.33. The van der Waals surface area contributed by atoms with Crippen LogP contribution in [0, 0.1) is 5.92 Å². The molecule has 0 amide bonds. The Morgan fingerprint density at radius 1 is 0.706 bits per heavy atom.